The van der Waals surface area contributed by atoms with Crippen molar-refractivity contribution < 1.29 is 19.4 Å². The molecule has 5 unspecified atom stereocenters. The minimum Gasteiger partial charge on any atom is -0.480 e. The first-order valence-electron chi connectivity index (χ1n) is 8.53. The number of hydrogen-bond donors (Lipinski definition) is 2. The molecule has 5 heteroatoms. The predicted octanol–water partition coefficient (Wildman–Crippen LogP) is 3.35. The summed E-state index contributed by atoms with van der Waals surface area (Å²) in [5, 5.41) is 12.4. The third-order valence-corrected chi connectivity index (χ3v) is 5.60. The van der Waals surface area contributed by atoms with E-state index >= 15 is 0 Å². The summed E-state index contributed by atoms with van der Waals surface area (Å²) in [6, 6.07) is -0.863. The van der Waals surface area contributed by atoms with Gasteiger partial charge in [-0.05, 0) is 64.2 Å². The van der Waals surface area contributed by atoms with Crippen LogP contribution in [0, 0.1) is 23.2 Å². The molecule has 0 spiro atoms. The molecule has 0 radical (unpaired) electrons. The molecule has 5 nitrogen and oxygen atoms in total. The Hall–Kier alpha value is -1.52. The number of amides is 1. The maximum atomic E-state index is 12.1. The lowest BCUT2D eigenvalue weighted by atomic mass is 9.54. The molecule has 0 aliphatic heterocycles. The van der Waals surface area contributed by atoms with Crippen LogP contribution in [0.1, 0.15) is 53.4 Å². The van der Waals surface area contributed by atoms with Crippen molar-refractivity contribution in [3.05, 3.63) is 11.6 Å². The van der Waals surface area contributed by atoms with Crippen molar-refractivity contribution in [3.8, 4) is 0 Å². The zero-order chi connectivity index (χ0) is 17.0. The Bertz CT molecular complexity index is 562. The van der Waals surface area contributed by atoms with Gasteiger partial charge in [0.1, 0.15) is 11.6 Å². The molecule has 2 fully saturated rings. The Morgan fingerprint density at radius 1 is 1.39 bits per heavy atom. The molecule has 3 rings (SSSR count). The van der Waals surface area contributed by atoms with Gasteiger partial charge in [0.05, 0.1) is 0 Å². The van der Waals surface area contributed by atoms with Crippen LogP contribution in [0.2, 0.25) is 0 Å². The van der Waals surface area contributed by atoms with Crippen molar-refractivity contribution in [2.45, 2.75) is 65.0 Å². The number of alkyl carbamates (subject to hydrolysis) is 1. The Morgan fingerprint density at radius 3 is 2.70 bits per heavy atom. The number of nitrogens with one attached hydrogen (secondary N) is 1. The summed E-state index contributed by atoms with van der Waals surface area (Å²) in [6.07, 6.45) is 5.58. The molecule has 0 aromatic carbocycles. The van der Waals surface area contributed by atoms with Gasteiger partial charge in [-0.3, -0.25) is 0 Å². The smallest absolute Gasteiger partial charge is 0.408 e. The zero-order valence-corrected chi connectivity index (χ0v) is 14.4. The van der Waals surface area contributed by atoms with Crippen molar-refractivity contribution in [2.75, 3.05) is 0 Å². The van der Waals surface area contributed by atoms with Gasteiger partial charge >= 0.3 is 12.1 Å². The molecule has 3 aliphatic carbocycles. The molecular formula is C18H27NO4. The molecule has 3 aliphatic rings. The van der Waals surface area contributed by atoms with Crippen LogP contribution in [0.5, 0.6) is 0 Å². The van der Waals surface area contributed by atoms with Crippen LogP contribution < -0.4 is 5.32 Å². The number of rotatable bonds is 3. The summed E-state index contributed by atoms with van der Waals surface area (Å²) in [7, 11) is 0. The number of carboxylic acids is 1. The van der Waals surface area contributed by atoms with E-state index in [1.807, 2.05) is 0 Å². The average molecular weight is 321 g/mol. The molecule has 0 heterocycles. The lowest BCUT2D eigenvalue weighted by Crippen LogP contribution is -2.59. The maximum Gasteiger partial charge on any atom is 0.408 e. The number of ether oxygens (including phenoxy) is 1. The van der Waals surface area contributed by atoms with Crippen LogP contribution in [0.25, 0.3) is 0 Å². The van der Waals surface area contributed by atoms with Gasteiger partial charge in [0.15, 0.2) is 0 Å². The number of carbonyl (C=O) groups is 2. The summed E-state index contributed by atoms with van der Waals surface area (Å²) >= 11 is 0. The molecule has 0 saturated heterocycles. The minimum absolute atomic E-state index is 0.313. The van der Waals surface area contributed by atoms with Gasteiger partial charge in [0, 0.05) is 5.41 Å². The molecule has 1 amide bonds. The number of hydrogen-bond acceptors (Lipinski definition) is 3. The van der Waals surface area contributed by atoms with Crippen LogP contribution in [-0.4, -0.2) is 28.8 Å². The summed E-state index contributed by atoms with van der Waals surface area (Å²) < 4.78 is 5.27. The van der Waals surface area contributed by atoms with E-state index in [-0.39, 0.29) is 5.41 Å². The lowest BCUT2D eigenvalue weighted by molar-refractivity contribution is -0.145. The highest BCUT2D eigenvalue weighted by molar-refractivity contribution is 5.81. The lowest BCUT2D eigenvalue weighted by Gasteiger charge is -2.51. The Balaban J connectivity index is 1.80. The second kappa shape index (κ2) is 5.25. The monoisotopic (exact) mass is 321 g/mol. The summed E-state index contributed by atoms with van der Waals surface area (Å²) in [5.74, 6) is 0.511. The van der Waals surface area contributed by atoms with E-state index in [2.05, 4.69) is 18.3 Å². The van der Waals surface area contributed by atoms with E-state index in [4.69, 9.17) is 4.74 Å². The van der Waals surface area contributed by atoms with E-state index in [9.17, 15) is 14.7 Å². The molecule has 2 bridgehead atoms. The second-order valence-electron chi connectivity index (χ2n) is 8.64. The average Bonchev–Trinajstić information content (AvgIpc) is 2.55. The van der Waals surface area contributed by atoms with Crippen molar-refractivity contribution in [2.24, 2.45) is 23.2 Å². The third kappa shape index (κ3) is 2.86. The van der Waals surface area contributed by atoms with E-state index in [1.54, 1.807) is 20.8 Å². The zero-order valence-electron chi connectivity index (χ0n) is 14.4. The van der Waals surface area contributed by atoms with Gasteiger partial charge in [-0.1, -0.05) is 18.6 Å². The SMILES string of the molecule is CC1C=C2CC3(C(NC(=O)OC(C)(C)C)C(=O)O)CC(C1)CC23. The van der Waals surface area contributed by atoms with Crippen LogP contribution in [0.15, 0.2) is 11.6 Å². The van der Waals surface area contributed by atoms with Gasteiger partial charge in [-0.2, -0.15) is 0 Å². The van der Waals surface area contributed by atoms with E-state index < -0.39 is 23.7 Å². The van der Waals surface area contributed by atoms with Crippen molar-refractivity contribution >= 4 is 12.1 Å². The molecule has 2 N–H and O–H groups in total. The number of carbonyl (C=O) groups excluding carboxylic acids is 1. The molecule has 128 valence electrons. The van der Waals surface area contributed by atoms with Gasteiger partial charge in [0.2, 0.25) is 0 Å². The molecule has 0 aromatic heterocycles. The van der Waals surface area contributed by atoms with Crippen LogP contribution >= 0.6 is 0 Å². The number of allylic oxidation sites excluding steroid dienone is 2. The van der Waals surface area contributed by atoms with Gasteiger partial charge in [-0.15, -0.1) is 0 Å². The second-order valence-corrected chi connectivity index (χ2v) is 8.64. The first-order chi connectivity index (χ1) is 10.6. The van der Waals surface area contributed by atoms with Crippen LogP contribution in [0.3, 0.4) is 0 Å². The van der Waals surface area contributed by atoms with Gasteiger partial charge < -0.3 is 15.2 Å². The van der Waals surface area contributed by atoms with E-state index in [1.165, 1.54) is 5.57 Å². The third-order valence-electron chi connectivity index (χ3n) is 5.60. The first kappa shape index (κ1) is 16.3. The van der Waals surface area contributed by atoms with Crippen LogP contribution in [-0.2, 0) is 9.53 Å². The van der Waals surface area contributed by atoms with Crippen molar-refractivity contribution in [1.29, 1.82) is 0 Å². The first-order valence-corrected chi connectivity index (χ1v) is 8.53. The maximum absolute atomic E-state index is 12.1. The summed E-state index contributed by atoms with van der Waals surface area (Å²) in [4.78, 5) is 24.0. The fourth-order valence-corrected chi connectivity index (χ4v) is 5.03. The largest absolute Gasteiger partial charge is 0.480 e. The minimum atomic E-state index is -0.950. The summed E-state index contributed by atoms with van der Waals surface area (Å²) in [5.41, 5.74) is 0.447. The Morgan fingerprint density at radius 2 is 2.09 bits per heavy atom. The fraction of sp³-hybridized carbons (Fsp3) is 0.778. The Labute approximate surface area is 137 Å². The van der Waals surface area contributed by atoms with Crippen molar-refractivity contribution in [1.82, 2.24) is 5.32 Å². The molecule has 5 atom stereocenters. The number of fused-ring (bicyclic) bond motifs is 1. The van der Waals surface area contributed by atoms with Crippen molar-refractivity contribution in [3.63, 3.8) is 0 Å². The quantitative estimate of drug-likeness (QED) is 0.782. The van der Waals surface area contributed by atoms with Gasteiger partial charge in [-0.25, -0.2) is 9.59 Å². The van der Waals surface area contributed by atoms with E-state index in [0.717, 1.165) is 25.7 Å². The highest BCUT2D eigenvalue weighted by atomic mass is 16.6. The number of carboxylic acid groups (broad SMARTS) is 1. The van der Waals surface area contributed by atoms with Gasteiger partial charge in [0.25, 0.3) is 0 Å². The highest BCUT2D eigenvalue weighted by Crippen LogP contribution is 2.66. The highest BCUT2D eigenvalue weighted by Gasteiger charge is 2.63. The molecule has 0 aromatic rings. The fourth-order valence-electron chi connectivity index (χ4n) is 5.03. The Kier molecular flexibility index (Phi) is 3.73. The summed E-state index contributed by atoms with van der Waals surface area (Å²) in [6.45, 7) is 7.57. The topological polar surface area (TPSA) is 75.6 Å². The molecule has 2 saturated carbocycles. The standard InChI is InChI=1S/C18H27NO4/c1-10-5-11-7-13-12(6-10)9-18(13,8-11)14(15(20)21)19-16(22)23-17(2,3)4/h6,10-11,13-14H,5,7-9H2,1-4H3,(H,19,22)(H,20,21). The predicted molar refractivity (Wildman–Crippen MR) is 85.9 cm³/mol. The van der Waals surface area contributed by atoms with E-state index in [0.29, 0.717) is 17.8 Å². The molecule has 23 heavy (non-hydrogen) atoms. The number of aliphatic carboxylic acids is 1. The molecular weight excluding hydrogens is 294 g/mol. The normalized spacial score (nSPS) is 36.3. The van der Waals surface area contributed by atoms with Crippen LogP contribution in [0.4, 0.5) is 4.79 Å².